The summed E-state index contributed by atoms with van der Waals surface area (Å²) < 4.78 is 9.05. The van der Waals surface area contributed by atoms with Crippen molar-refractivity contribution in [2.24, 2.45) is 0 Å². The summed E-state index contributed by atoms with van der Waals surface area (Å²) in [5.41, 5.74) is 0. The predicted molar refractivity (Wildman–Crippen MR) is 89.0 cm³/mol. The Morgan fingerprint density at radius 3 is 2.95 bits per heavy atom. The normalized spacial score (nSPS) is 20.1. The first kappa shape index (κ1) is 15.5. The zero-order valence-corrected chi connectivity index (χ0v) is 15.2. The topological polar surface area (TPSA) is 39.1 Å². The van der Waals surface area contributed by atoms with Gasteiger partial charge in [0.15, 0.2) is 0 Å². The van der Waals surface area contributed by atoms with Gasteiger partial charge in [-0.2, -0.15) is 0 Å². The van der Waals surface area contributed by atoms with Crippen molar-refractivity contribution in [2.75, 3.05) is 13.2 Å². The van der Waals surface area contributed by atoms with Gasteiger partial charge in [-0.1, -0.05) is 19.6 Å². The Bertz CT molecular complexity index is 411. The van der Waals surface area contributed by atoms with E-state index in [1.54, 1.807) is 0 Å². The number of nitrogens with zero attached hydrogens (tertiary/aromatic N) is 2. The first-order valence-corrected chi connectivity index (χ1v) is 11.8. The van der Waals surface area contributed by atoms with Gasteiger partial charge in [-0.05, 0) is 48.0 Å². The van der Waals surface area contributed by atoms with Gasteiger partial charge in [0.2, 0.25) is 0 Å². The summed E-state index contributed by atoms with van der Waals surface area (Å²) >= 11 is 2.28. The van der Waals surface area contributed by atoms with Crippen molar-refractivity contribution in [1.29, 1.82) is 0 Å². The summed E-state index contributed by atoms with van der Waals surface area (Å²) in [5.74, 6) is 1.13. The van der Waals surface area contributed by atoms with E-state index in [0.29, 0.717) is 12.8 Å². The van der Waals surface area contributed by atoms with Crippen LogP contribution in [0.15, 0.2) is 6.20 Å². The maximum Gasteiger partial charge on any atom is 0.129 e. The largest absolute Gasteiger partial charge is 0.361 e. The lowest BCUT2D eigenvalue weighted by atomic mass is 10.2. The first-order chi connectivity index (χ1) is 8.96. The molecule has 1 aliphatic heterocycles. The molecule has 1 atom stereocenters. The second-order valence-corrected chi connectivity index (χ2v) is 13.1. The molecule has 0 radical (unpaired) electrons. The molecule has 1 aromatic heterocycles. The van der Waals surface area contributed by atoms with E-state index >= 15 is 0 Å². The second kappa shape index (κ2) is 6.69. The van der Waals surface area contributed by atoms with E-state index in [0.717, 1.165) is 22.7 Å². The van der Waals surface area contributed by atoms with Gasteiger partial charge in [0.05, 0.1) is 6.04 Å². The summed E-state index contributed by atoms with van der Waals surface area (Å²) in [6.07, 6.45) is 4.51. The highest BCUT2D eigenvalue weighted by atomic mass is 127. The molecule has 2 heterocycles. The van der Waals surface area contributed by atoms with Crippen molar-refractivity contribution in [2.45, 2.75) is 51.3 Å². The summed E-state index contributed by atoms with van der Waals surface area (Å²) in [5, 5.41) is 3.51. The highest BCUT2D eigenvalue weighted by Gasteiger charge is 2.22. The molecule has 0 bridgehead atoms. The molecule has 1 aromatic rings. The van der Waals surface area contributed by atoms with E-state index in [9.17, 15) is 0 Å². The average molecular weight is 393 g/mol. The van der Waals surface area contributed by atoms with Crippen LogP contribution in [0.25, 0.3) is 0 Å². The van der Waals surface area contributed by atoms with Gasteiger partial charge < -0.3 is 14.6 Å². The molecular formula is C13H24IN3OSi. The molecule has 1 aliphatic rings. The van der Waals surface area contributed by atoms with E-state index in [4.69, 9.17) is 4.74 Å². The average Bonchev–Trinajstić information content (AvgIpc) is 2.91. The molecule has 0 aliphatic carbocycles. The van der Waals surface area contributed by atoms with Crippen LogP contribution in [0.5, 0.6) is 0 Å². The van der Waals surface area contributed by atoms with Gasteiger partial charge in [0.25, 0.3) is 0 Å². The fourth-order valence-electron chi connectivity index (χ4n) is 2.22. The minimum atomic E-state index is -0.993. The van der Waals surface area contributed by atoms with Crippen molar-refractivity contribution in [1.82, 2.24) is 14.9 Å². The minimum Gasteiger partial charge on any atom is -0.361 e. The summed E-state index contributed by atoms with van der Waals surface area (Å²) in [7, 11) is -0.993. The van der Waals surface area contributed by atoms with E-state index in [2.05, 4.69) is 63.3 Å². The van der Waals surface area contributed by atoms with Crippen LogP contribution >= 0.6 is 22.6 Å². The van der Waals surface area contributed by atoms with Crippen LogP contribution in [0, 0.1) is 3.70 Å². The van der Waals surface area contributed by atoms with Crippen LogP contribution in [0.4, 0.5) is 0 Å². The third-order valence-electron chi connectivity index (χ3n) is 3.38. The molecule has 19 heavy (non-hydrogen) atoms. The fraction of sp³-hybridized carbons (Fsp3) is 0.769. The number of aromatic nitrogens is 2. The quantitative estimate of drug-likeness (QED) is 0.458. The Labute approximate surface area is 130 Å². The Morgan fingerprint density at radius 2 is 2.32 bits per heavy atom. The molecule has 1 fully saturated rings. The molecule has 1 N–H and O–H groups in total. The number of rotatable bonds is 6. The number of hydrogen-bond donors (Lipinski definition) is 1. The molecule has 0 spiro atoms. The lowest BCUT2D eigenvalue weighted by Gasteiger charge is -2.17. The molecule has 6 heteroatoms. The molecule has 0 unspecified atom stereocenters. The molecule has 0 saturated carbocycles. The number of nitrogens with one attached hydrogen (secondary N) is 1. The molecule has 2 rings (SSSR count). The summed E-state index contributed by atoms with van der Waals surface area (Å²) in [6.45, 7) is 9.74. The molecular weight excluding hydrogens is 369 g/mol. The van der Waals surface area contributed by atoms with Gasteiger partial charge in [-0.3, -0.25) is 0 Å². The zero-order chi connectivity index (χ0) is 13.9. The number of ether oxygens (including phenoxy) is 1. The monoisotopic (exact) mass is 393 g/mol. The van der Waals surface area contributed by atoms with Gasteiger partial charge in [0, 0.05) is 20.9 Å². The SMILES string of the molecule is C[Si](C)(C)CCOCn1cc(I)nc1[C@@H]1CCCN1. The van der Waals surface area contributed by atoms with Crippen molar-refractivity contribution in [3.63, 3.8) is 0 Å². The lowest BCUT2D eigenvalue weighted by Crippen LogP contribution is -2.23. The molecule has 108 valence electrons. The fourth-order valence-corrected chi connectivity index (χ4v) is 3.56. The van der Waals surface area contributed by atoms with Crippen molar-refractivity contribution in [3.05, 3.63) is 15.7 Å². The zero-order valence-electron chi connectivity index (χ0n) is 12.1. The van der Waals surface area contributed by atoms with Gasteiger partial charge in [-0.25, -0.2) is 4.98 Å². The van der Waals surface area contributed by atoms with Crippen LogP contribution in [-0.2, 0) is 11.5 Å². The van der Waals surface area contributed by atoms with Crippen LogP contribution in [0.1, 0.15) is 24.7 Å². The summed E-state index contributed by atoms with van der Waals surface area (Å²) in [4.78, 5) is 4.64. The molecule has 0 amide bonds. The van der Waals surface area contributed by atoms with Gasteiger partial charge >= 0.3 is 0 Å². The molecule has 1 saturated heterocycles. The number of halogens is 1. The highest BCUT2D eigenvalue weighted by molar-refractivity contribution is 14.1. The third-order valence-corrected chi connectivity index (χ3v) is 5.60. The smallest absolute Gasteiger partial charge is 0.129 e. The van der Waals surface area contributed by atoms with E-state index in [1.165, 1.54) is 18.9 Å². The first-order valence-electron chi connectivity index (χ1n) is 6.99. The maximum atomic E-state index is 5.84. The van der Waals surface area contributed by atoms with Crippen molar-refractivity contribution >= 4 is 30.7 Å². The Kier molecular flexibility index (Phi) is 5.44. The van der Waals surface area contributed by atoms with Gasteiger partial charge in [-0.15, -0.1) is 0 Å². The van der Waals surface area contributed by atoms with Crippen molar-refractivity contribution < 1.29 is 4.74 Å². The molecule has 0 aromatic carbocycles. The van der Waals surface area contributed by atoms with Crippen LogP contribution in [-0.4, -0.2) is 30.8 Å². The third kappa shape index (κ3) is 4.84. The Morgan fingerprint density at radius 1 is 1.53 bits per heavy atom. The highest BCUT2D eigenvalue weighted by Crippen LogP contribution is 2.23. The standard InChI is InChI=1S/C13H24IN3OSi/c1-19(2,3)8-7-18-10-17-9-12(14)16-13(17)11-5-4-6-15-11/h9,11,15H,4-8,10H2,1-3H3/t11-/m0/s1. The maximum absolute atomic E-state index is 5.84. The van der Waals surface area contributed by atoms with Crippen LogP contribution < -0.4 is 5.32 Å². The number of imidazole rings is 1. The van der Waals surface area contributed by atoms with E-state index in [1.807, 2.05) is 0 Å². The van der Waals surface area contributed by atoms with Crippen LogP contribution in [0.2, 0.25) is 25.7 Å². The Balaban J connectivity index is 1.89. The van der Waals surface area contributed by atoms with E-state index in [-0.39, 0.29) is 0 Å². The van der Waals surface area contributed by atoms with E-state index < -0.39 is 8.07 Å². The second-order valence-electron chi connectivity index (χ2n) is 6.39. The van der Waals surface area contributed by atoms with Gasteiger partial charge in [0.1, 0.15) is 16.3 Å². The summed E-state index contributed by atoms with van der Waals surface area (Å²) in [6, 6.07) is 1.62. The lowest BCUT2D eigenvalue weighted by molar-refractivity contribution is 0.0840. The van der Waals surface area contributed by atoms with Crippen LogP contribution in [0.3, 0.4) is 0 Å². The predicted octanol–water partition coefficient (Wildman–Crippen LogP) is 3.22. The minimum absolute atomic E-state index is 0.407. The molecule has 4 nitrogen and oxygen atoms in total. The number of hydrogen-bond acceptors (Lipinski definition) is 3. The van der Waals surface area contributed by atoms with Crippen molar-refractivity contribution in [3.8, 4) is 0 Å². The Hall–Kier alpha value is 0.0769.